The van der Waals surface area contributed by atoms with Gasteiger partial charge in [0.05, 0.1) is 18.8 Å². The summed E-state index contributed by atoms with van der Waals surface area (Å²) >= 11 is 0. The monoisotopic (exact) mass is 338 g/mol. The standard InChI is InChI=1S/C18H18N4O3/c1-24-15-5-2-12(3-6-15)17-20-18(25-21-17)13-4-7-16(19-10-13)22-9-8-14(23)11-22/h2-7,10,14,23H,8-9,11H2,1H3. The minimum Gasteiger partial charge on any atom is -0.497 e. The van der Waals surface area contributed by atoms with Gasteiger partial charge in [-0.05, 0) is 42.8 Å². The SMILES string of the molecule is COc1ccc(-c2noc(-c3ccc(N4CCC(O)C4)nc3)n2)cc1. The van der Waals surface area contributed by atoms with Crippen molar-refractivity contribution in [2.24, 2.45) is 0 Å². The van der Waals surface area contributed by atoms with Gasteiger partial charge < -0.3 is 19.3 Å². The second kappa shape index (κ2) is 6.52. The zero-order chi connectivity index (χ0) is 17.2. The number of aliphatic hydroxyl groups is 1. The number of hydrogen-bond acceptors (Lipinski definition) is 7. The Balaban J connectivity index is 1.53. The highest BCUT2D eigenvalue weighted by atomic mass is 16.5. The molecule has 2 aromatic heterocycles. The number of hydrogen-bond donors (Lipinski definition) is 1. The Kier molecular flexibility index (Phi) is 4.07. The van der Waals surface area contributed by atoms with E-state index >= 15 is 0 Å². The molecular formula is C18H18N4O3. The van der Waals surface area contributed by atoms with Crippen LogP contribution in [-0.2, 0) is 0 Å². The average molecular weight is 338 g/mol. The number of aliphatic hydroxyl groups excluding tert-OH is 1. The van der Waals surface area contributed by atoms with Gasteiger partial charge in [-0.3, -0.25) is 0 Å². The third-order valence-electron chi connectivity index (χ3n) is 4.26. The largest absolute Gasteiger partial charge is 0.497 e. The molecule has 3 aromatic rings. The van der Waals surface area contributed by atoms with Crippen LogP contribution in [0.4, 0.5) is 5.82 Å². The van der Waals surface area contributed by atoms with Crippen LogP contribution in [0.15, 0.2) is 47.1 Å². The molecule has 3 heterocycles. The highest BCUT2D eigenvalue weighted by Crippen LogP contribution is 2.25. The van der Waals surface area contributed by atoms with Crippen molar-refractivity contribution in [1.82, 2.24) is 15.1 Å². The van der Waals surface area contributed by atoms with Gasteiger partial charge in [-0.25, -0.2) is 4.98 Å². The van der Waals surface area contributed by atoms with Gasteiger partial charge in [-0.2, -0.15) is 4.98 Å². The Morgan fingerprint density at radius 3 is 2.60 bits per heavy atom. The predicted molar refractivity (Wildman–Crippen MR) is 92.4 cm³/mol. The highest BCUT2D eigenvalue weighted by Gasteiger charge is 2.21. The molecular weight excluding hydrogens is 320 g/mol. The number of anilines is 1. The van der Waals surface area contributed by atoms with Crippen molar-refractivity contribution in [3.8, 4) is 28.6 Å². The first kappa shape index (κ1) is 15.6. The molecule has 25 heavy (non-hydrogen) atoms. The molecule has 0 amide bonds. The summed E-state index contributed by atoms with van der Waals surface area (Å²) in [4.78, 5) is 10.9. The average Bonchev–Trinajstić information content (AvgIpc) is 3.31. The maximum atomic E-state index is 9.63. The van der Waals surface area contributed by atoms with Gasteiger partial charge in [0.25, 0.3) is 5.89 Å². The van der Waals surface area contributed by atoms with Gasteiger partial charge in [-0.1, -0.05) is 5.16 Å². The molecule has 1 aliphatic heterocycles. The number of rotatable bonds is 4. The van der Waals surface area contributed by atoms with Crippen molar-refractivity contribution in [3.05, 3.63) is 42.6 Å². The minimum atomic E-state index is -0.274. The number of methoxy groups -OCH3 is 1. The topological polar surface area (TPSA) is 84.5 Å². The third-order valence-corrected chi connectivity index (χ3v) is 4.26. The summed E-state index contributed by atoms with van der Waals surface area (Å²) in [5, 5.41) is 13.7. The molecule has 1 fully saturated rings. The summed E-state index contributed by atoms with van der Waals surface area (Å²) in [5.41, 5.74) is 1.61. The Labute approximate surface area is 144 Å². The van der Waals surface area contributed by atoms with Crippen molar-refractivity contribution in [2.75, 3.05) is 25.1 Å². The van der Waals surface area contributed by atoms with Gasteiger partial charge in [0, 0.05) is 24.8 Å². The van der Waals surface area contributed by atoms with Crippen LogP contribution in [0.5, 0.6) is 5.75 Å². The van der Waals surface area contributed by atoms with Gasteiger partial charge in [0.15, 0.2) is 0 Å². The van der Waals surface area contributed by atoms with E-state index in [2.05, 4.69) is 20.0 Å². The molecule has 7 heteroatoms. The normalized spacial score (nSPS) is 17.0. The fourth-order valence-electron chi connectivity index (χ4n) is 2.85. The maximum absolute atomic E-state index is 9.63. The van der Waals surface area contributed by atoms with E-state index in [4.69, 9.17) is 9.26 Å². The van der Waals surface area contributed by atoms with Gasteiger partial charge in [-0.15, -0.1) is 0 Å². The van der Waals surface area contributed by atoms with Crippen LogP contribution < -0.4 is 9.64 Å². The molecule has 0 spiro atoms. The Morgan fingerprint density at radius 1 is 1.16 bits per heavy atom. The Hall–Kier alpha value is -2.93. The molecule has 1 unspecified atom stereocenters. The molecule has 0 aliphatic carbocycles. The van der Waals surface area contributed by atoms with Crippen LogP contribution in [0.2, 0.25) is 0 Å². The minimum absolute atomic E-state index is 0.274. The molecule has 128 valence electrons. The molecule has 0 bridgehead atoms. The number of aromatic nitrogens is 3. The summed E-state index contributed by atoms with van der Waals surface area (Å²) in [6, 6.07) is 11.3. The number of nitrogens with zero attached hydrogens (tertiary/aromatic N) is 4. The van der Waals surface area contributed by atoms with E-state index in [9.17, 15) is 5.11 Å². The van der Waals surface area contributed by atoms with E-state index in [1.807, 2.05) is 36.4 Å². The fraction of sp³-hybridized carbons (Fsp3) is 0.278. The van der Waals surface area contributed by atoms with Crippen LogP contribution in [0.3, 0.4) is 0 Å². The third kappa shape index (κ3) is 3.18. The molecule has 7 nitrogen and oxygen atoms in total. The van der Waals surface area contributed by atoms with E-state index in [1.165, 1.54) is 0 Å². The number of benzene rings is 1. The quantitative estimate of drug-likeness (QED) is 0.782. The fourth-order valence-corrected chi connectivity index (χ4v) is 2.85. The van der Waals surface area contributed by atoms with E-state index in [0.717, 1.165) is 35.7 Å². The number of pyridine rings is 1. The zero-order valence-electron chi connectivity index (χ0n) is 13.8. The summed E-state index contributed by atoms with van der Waals surface area (Å²) < 4.78 is 10.5. The van der Waals surface area contributed by atoms with Crippen molar-refractivity contribution in [3.63, 3.8) is 0 Å². The summed E-state index contributed by atoms with van der Waals surface area (Å²) in [6.07, 6.45) is 2.22. The molecule has 1 N–H and O–H groups in total. The van der Waals surface area contributed by atoms with Crippen LogP contribution >= 0.6 is 0 Å². The van der Waals surface area contributed by atoms with E-state index in [1.54, 1.807) is 13.3 Å². The van der Waals surface area contributed by atoms with Crippen molar-refractivity contribution in [1.29, 1.82) is 0 Å². The molecule has 0 saturated carbocycles. The lowest BCUT2D eigenvalue weighted by molar-refractivity contribution is 0.198. The maximum Gasteiger partial charge on any atom is 0.259 e. The van der Waals surface area contributed by atoms with E-state index in [-0.39, 0.29) is 6.10 Å². The Bertz CT molecular complexity index is 846. The first-order valence-corrected chi connectivity index (χ1v) is 8.10. The van der Waals surface area contributed by atoms with Crippen LogP contribution in [0.25, 0.3) is 22.8 Å². The first-order valence-electron chi connectivity index (χ1n) is 8.10. The van der Waals surface area contributed by atoms with Crippen molar-refractivity contribution < 1.29 is 14.4 Å². The smallest absolute Gasteiger partial charge is 0.259 e. The summed E-state index contributed by atoms with van der Waals surface area (Å²) in [6.45, 7) is 1.43. The number of ether oxygens (including phenoxy) is 1. The molecule has 4 rings (SSSR count). The van der Waals surface area contributed by atoms with E-state index < -0.39 is 0 Å². The zero-order valence-corrected chi connectivity index (χ0v) is 13.8. The Morgan fingerprint density at radius 2 is 1.96 bits per heavy atom. The molecule has 1 atom stereocenters. The first-order chi connectivity index (χ1) is 12.2. The summed E-state index contributed by atoms with van der Waals surface area (Å²) in [7, 11) is 1.63. The second-order valence-corrected chi connectivity index (χ2v) is 5.95. The van der Waals surface area contributed by atoms with Gasteiger partial charge >= 0.3 is 0 Å². The van der Waals surface area contributed by atoms with Gasteiger partial charge in [0.1, 0.15) is 11.6 Å². The number of β-amino-alcohol motifs (C(OH)–C–C–N with tert-alkyl or cyclic N) is 1. The lowest BCUT2D eigenvalue weighted by Crippen LogP contribution is -2.21. The lowest BCUT2D eigenvalue weighted by atomic mass is 10.2. The van der Waals surface area contributed by atoms with Crippen molar-refractivity contribution in [2.45, 2.75) is 12.5 Å². The molecule has 1 aromatic carbocycles. The predicted octanol–water partition coefficient (Wildman–Crippen LogP) is 2.38. The van der Waals surface area contributed by atoms with Crippen LogP contribution in [0.1, 0.15) is 6.42 Å². The van der Waals surface area contributed by atoms with Crippen LogP contribution in [-0.4, -0.2) is 46.5 Å². The van der Waals surface area contributed by atoms with Crippen LogP contribution in [0, 0.1) is 0 Å². The summed E-state index contributed by atoms with van der Waals surface area (Å²) in [5.74, 6) is 2.56. The second-order valence-electron chi connectivity index (χ2n) is 5.95. The molecule has 0 radical (unpaired) electrons. The molecule has 1 saturated heterocycles. The van der Waals surface area contributed by atoms with E-state index in [0.29, 0.717) is 18.3 Å². The lowest BCUT2D eigenvalue weighted by Gasteiger charge is -2.16. The molecule has 1 aliphatic rings. The highest BCUT2D eigenvalue weighted by molar-refractivity contribution is 5.61. The van der Waals surface area contributed by atoms with Gasteiger partial charge in [0.2, 0.25) is 5.82 Å². The van der Waals surface area contributed by atoms with Crippen molar-refractivity contribution >= 4 is 5.82 Å².